The van der Waals surface area contributed by atoms with E-state index < -0.39 is 0 Å². The Morgan fingerprint density at radius 1 is 0.520 bits per heavy atom. The number of benzene rings is 3. The Kier molecular flexibility index (Phi) is 4.39. The van der Waals surface area contributed by atoms with Crippen molar-refractivity contribution in [1.29, 1.82) is 0 Å². The highest BCUT2D eigenvalue weighted by Crippen LogP contribution is 2.27. The van der Waals surface area contributed by atoms with Crippen LogP contribution in [0.1, 0.15) is 18.4 Å². The molecular formula is C24H19B. The fraction of sp³-hybridized carbons (Fsp3) is 0.0833. The SMILES string of the molecule is [B]c1ccc(-c2ccc(-c3ccc(C4=CCCC=C4)cc3)cc2)cc1. The van der Waals surface area contributed by atoms with Crippen LogP contribution in [0, 0.1) is 0 Å². The zero-order valence-corrected chi connectivity index (χ0v) is 14.2. The first kappa shape index (κ1) is 15.7. The minimum atomic E-state index is 0.795. The molecule has 0 atom stereocenters. The summed E-state index contributed by atoms with van der Waals surface area (Å²) >= 11 is 0. The average molecular weight is 318 g/mol. The summed E-state index contributed by atoms with van der Waals surface area (Å²) in [5.41, 5.74) is 8.29. The van der Waals surface area contributed by atoms with Crippen LogP contribution in [-0.2, 0) is 0 Å². The van der Waals surface area contributed by atoms with Crippen LogP contribution in [0.5, 0.6) is 0 Å². The van der Waals surface area contributed by atoms with E-state index in [2.05, 4.69) is 78.9 Å². The zero-order valence-electron chi connectivity index (χ0n) is 14.2. The van der Waals surface area contributed by atoms with E-state index in [1.165, 1.54) is 33.4 Å². The molecule has 0 spiro atoms. The summed E-state index contributed by atoms with van der Waals surface area (Å²) in [5.74, 6) is 0. The van der Waals surface area contributed by atoms with Crippen LogP contribution in [0.15, 0.2) is 91.0 Å². The fourth-order valence-corrected chi connectivity index (χ4v) is 3.21. The molecule has 0 saturated heterocycles. The average Bonchev–Trinajstić information content (AvgIpc) is 2.70. The van der Waals surface area contributed by atoms with Gasteiger partial charge in [0.15, 0.2) is 0 Å². The molecule has 1 aliphatic carbocycles. The maximum Gasteiger partial charge on any atom is 0.113 e. The monoisotopic (exact) mass is 318 g/mol. The van der Waals surface area contributed by atoms with Gasteiger partial charge in [-0.1, -0.05) is 96.5 Å². The van der Waals surface area contributed by atoms with Crippen molar-refractivity contribution in [3.63, 3.8) is 0 Å². The number of hydrogen-bond donors (Lipinski definition) is 0. The van der Waals surface area contributed by atoms with Crippen molar-refractivity contribution in [2.24, 2.45) is 0 Å². The topological polar surface area (TPSA) is 0 Å². The normalized spacial score (nSPS) is 13.5. The van der Waals surface area contributed by atoms with E-state index in [-0.39, 0.29) is 0 Å². The Morgan fingerprint density at radius 2 is 0.960 bits per heavy atom. The maximum atomic E-state index is 5.76. The molecule has 2 radical (unpaired) electrons. The van der Waals surface area contributed by atoms with Gasteiger partial charge >= 0.3 is 0 Å². The van der Waals surface area contributed by atoms with Gasteiger partial charge in [0.2, 0.25) is 0 Å². The molecule has 4 rings (SSSR count). The highest BCUT2D eigenvalue weighted by atomic mass is 14.1. The lowest BCUT2D eigenvalue weighted by atomic mass is 9.93. The van der Waals surface area contributed by atoms with E-state index in [0.717, 1.165) is 18.3 Å². The summed E-state index contributed by atoms with van der Waals surface area (Å²) in [6.07, 6.45) is 9.08. The second kappa shape index (κ2) is 6.98. The van der Waals surface area contributed by atoms with E-state index in [1.54, 1.807) is 0 Å². The Bertz CT molecular complexity index is 911. The van der Waals surface area contributed by atoms with Gasteiger partial charge in [-0.05, 0) is 46.2 Å². The second-order valence-corrected chi connectivity index (χ2v) is 6.42. The van der Waals surface area contributed by atoms with Gasteiger partial charge in [-0.25, -0.2) is 0 Å². The standard InChI is InChI=1S/C24H19B/c25-24-16-14-23(15-17-24)22-12-10-21(11-13-22)20-8-6-19(7-9-20)18-4-2-1-3-5-18/h2,4-17H,1,3H2. The Hall–Kier alpha value is -2.80. The molecule has 0 saturated carbocycles. The molecule has 0 amide bonds. The summed E-state index contributed by atoms with van der Waals surface area (Å²) in [4.78, 5) is 0. The van der Waals surface area contributed by atoms with Crippen molar-refractivity contribution < 1.29 is 0 Å². The molecule has 0 unspecified atom stereocenters. The van der Waals surface area contributed by atoms with Crippen LogP contribution in [0.2, 0.25) is 0 Å². The highest BCUT2D eigenvalue weighted by molar-refractivity contribution is 6.32. The van der Waals surface area contributed by atoms with Gasteiger partial charge in [0.1, 0.15) is 7.85 Å². The quantitative estimate of drug-likeness (QED) is 0.556. The van der Waals surface area contributed by atoms with Gasteiger partial charge in [0.05, 0.1) is 0 Å². The Labute approximate surface area is 151 Å². The maximum absolute atomic E-state index is 5.76. The van der Waals surface area contributed by atoms with Gasteiger partial charge in [0, 0.05) is 0 Å². The molecule has 0 N–H and O–H groups in total. The smallest absolute Gasteiger partial charge is 0.0966 e. The van der Waals surface area contributed by atoms with Crippen LogP contribution in [0.25, 0.3) is 27.8 Å². The first-order valence-corrected chi connectivity index (χ1v) is 8.73. The van der Waals surface area contributed by atoms with E-state index in [4.69, 9.17) is 7.85 Å². The van der Waals surface area contributed by atoms with Crippen LogP contribution in [0.4, 0.5) is 0 Å². The van der Waals surface area contributed by atoms with Crippen LogP contribution >= 0.6 is 0 Å². The Balaban J connectivity index is 1.56. The molecule has 0 aromatic heterocycles. The second-order valence-electron chi connectivity index (χ2n) is 6.42. The minimum absolute atomic E-state index is 0.795. The lowest BCUT2D eigenvalue weighted by Crippen LogP contribution is -1.99. The molecule has 0 nitrogen and oxygen atoms in total. The number of hydrogen-bond acceptors (Lipinski definition) is 0. The van der Waals surface area contributed by atoms with Gasteiger partial charge < -0.3 is 0 Å². The lowest BCUT2D eigenvalue weighted by molar-refractivity contribution is 1.04. The highest BCUT2D eigenvalue weighted by Gasteiger charge is 2.03. The molecule has 0 heterocycles. The molecule has 3 aromatic rings. The van der Waals surface area contributed by atoms with E-state index in [9.17, 15) is 0 Å². The third-order valence-corrected chi connectivity index (χ3v) is 4.68. The Morgan fingerprint density at radius 3 is 1.40 bits per heavy atom. The van der Waals surface area contributed by atoms with E-state index in [1.807, 2.05) is 12.1 Å². The molecular weight excluding hydrogens is 299 g/mol. The molecule has 0 bridgehead atoms. The van der Waals surface area contributed by atoms with Crippen molar-refractivity contribution in [2.75, 3.05) is 0 Å². The van der Waals surface area contributed by atoms with E-state index in [0.29, 0.717) is 0 Å². The fourth-order valence-electron chi connectivity index (χ4n) is 3.21. The first-order chi connectivity index (χ1) is 12.3. The predicted molar refractivity (Wildman–Crippen MR) is 109 cm³/mol. The molecule has 118 valence electrons. The minimum Gasteiger partial charge on any atom is -0.0966 e. The molecule has 1 aliphatic rings. The van der Waals surface area contributed by atoms with E-state index >= 15 is 0 Å². The largest absolute Gasteiger partial charge is 0.113 e. The first-order valence-electron chi connectivity index (χ1n) is 8.73. The van der Waals surface area contributed by atoms with Gasteiger partial charge in [0.25, 0.3) is 0 Å². The molecule has 3 aromatic carbocycles. The molecule has 25 heavy (non-hydrogen) atoms. The van der Waals surface area contributed by atoms with Crippen LogP contribution < -0.4 is 5.46 Å². The van der Waals surface area contributed by atoms with Crippen molar-refractivity contribution in [2.45, 2.75) is 12.8 Å². The lowest BCUT2D eigenvalue weighted by Gasteiger charge is -2.09. The van der Waals surface area contributed by atoms with Crippen LogP contribution in [0.3, 0.4) is 0 Å². The molecule has 0 fully saturated rings. The van der Waals surface area contributed by atoms with Crippen molar-refractivity contribution in [3.05, 3.63) is 96.6 Å². The van der Waals surface area contributed by atoms with Crippen molar-refractivity contribution in [1.82, 2.24) is 0 Å². The van der Waals surface area contributed by atoms with Gasteiger partial charge in [-0.3, -0.25) is 0 Å². The molecule has 0 aliphatic heterocycles. The molecule has 1 heteroatoms. The van der Waals surface area contributed by atoms with Gasteiger partial charge in [-0.2, -0.15) is 0 Å². The summed E-state index contributed by atoms with van der Waals surface area (Å²) in [7, 11) is 5.76. The summed E-state index contributed by atoms with van der Waals surface area (Å²) in [6, 6.07) is 25.5. The summed E-state index contributed by atoms with van der Waals surface area (Å²) in [5, 5.41) is 0. The summed E-state index contributed by atoms with van der Waals surface area (Å²) in [6.45, 7) is 0. The third-order valence-electron chi connectivity index (χ3n) is 4.68. The van der Waals surface area contributed by atoms with Crippen molar-refractivity contribution >= 4 is 18.9 Å². The zero-order chi connectivity index (χ0) is 17.1. The van der Waals surface area contributed by atoms with Crippen LogP contribution in [-0.4, -0.2) is 7.85 Å². The number of allylic oxidation sites excluding steroid dienone is 4. The summed E-state index contributed by atoms with van der Waals surface area (Å²) < 4.78 is 0. The third kappa shape index (κ3) is 3.51. The van der Waals surface area contributed by atoms with Gasteiger partial charge in [-0.15, -0.1) is 0 Å². The number of rotatable bonds is 3. The van der Waals surface area contributed by atoms with Crippen molar-refractivity contribution in [3.8, 4) is 22.3 Å². The predicted octanol–water partition coefficient (Wildman–Crippen LogP) is 5.55.